The Balaban J connectivity index is 0.657. The predicted molar refractivity (Wildman–Crippen MR) is 348 cm³/mol. The molecular weight excluding hydrogens is 1220 g/mol. The number of benzene rings is 3. The van der Waals surface area contributed by atoms with Gasteiger partial charge in [0.25, 0.3) is 0 Å². The minimum Gasteiger partial charge on any atom is -0.468 e. The highest BCUT2D eigenvalue weighted by molar-refractivity contribution is 7.92. The lowest BCUT2D eigenvalue weighted by atomic mass is 9.88. The van der Waals surface area contributed by atoms with Crippen LogP contribution in [0.4, 0.5) is 20.4 Å². The fourth-order valence-electron chi connectivity index (χ4n) is 12.0. The van der Waals surface area contributed by atoms with Crippen molar-refractivity contribution in [2.45, 2.75) is 134 Å². The van der Waals surface area contributed by atoms with Gasteiger partial charge in [-0.25, -0.2) is 32.2 Å². The summed E-state index contributed by atoms with van der Waals surface area (Å²) in [5.41, 5.74) is 9.68. The van der Waals surface area contributed by atoms with Crippen molar-refractivity contribution >= 4 is 90.3 Å². The molecule has 0 bridgehead atoms. The number of anilines is 2. The zero-order chi connectivity index (χ0) is 65.5. The van der Waals surface area contributed by atoms with Gasteiger partial charge in [-0.15, -0.1) is 11.3 Å². The highest BCUT2D eigenvalue weighted by Crippen LogP contribution is 2.44. The number of halogens is 2. The number of aromatic nitrogens is 7. The van der Waals surface area contributed by atoms with E-state index in [9.17, 15) is 37.2 Å². The van der Waals surface area contributed by atoms with Crippen LogP contribution in [0.15, 0.2) is 67.0 Å². The molecule has 23 nitrogen and oxygen atoms in total. The van der Waals surface area contributed by atoms with Gasteiger partial charge >= 0.3 is 5.97 Å². The van der Waals surface area contributed by atoms with Gasteiger partial charge in [-0.1, -0.05) is 70.1 Å². The number of hydrogen-bond acceptors (Lipinski definition) is 16. The molecular formula is C65H82F2N14O9S2. The third-order valence-corrected chi connectivity index (χ3v) is 19.8. The zero-order valence-corrected chi connectivity index (χ0v) is 54.3. The van der Waals surface area contributed by atoms with Crippen LogP contribution >= 0.6 is 11.3 Å². The second-order valence-corrected chi connectivity index (χ2v) is 26.6. The van der Waals surface area contributed by atoms with E-state index in [1.807, 2.05) is 17.0 Å². The number of aryl methyl sites for hydroxylation is 1. The lowest BCUT2D eigenvalue weighted by molar-refractivity contribution is -0.141. The summed E-state index contributed by atoms with van der Waals surface area (Å²) in [5.74, 6) is -3.11. The van der Waals surface area contributed by atoms with E-state index in [2.05, 4.69) is 35.2 Å². The summed E-state index contributed by atoms with van der Waals surface area (Å²) in [7, 11) is 0.723. The van der Waals surface area contributed by atoms with Crippen molar-refractivity contribution in [3.63, 3.8) is 0 Å². The number of nitrogens with one attached hydrogen (secondary N) is 3. The Morgan fingerprint density at radius 3 is 2.13 bits per heavy atom. The molecule has 0 aliphatic carbocycles. The van der Waals surface area contributed by atoms with E-state index < -0.39 is 39.4 Å². The van der Waals surface area contributed by atoms with Gasteiger partial charge in [-0.3, -0.25) is 42.9 Å². The maximum absolute atomic E-state index is 16.1. The maximum atomic E-state index is 16.1. The van der Waals surface area contributed by atoms with Crippen LogP contribution < -0.4 is 21.1 Å². The Labute approximate surface area is 538 Å². The van der Waals surface area contributed by atoms with Crippen LogP contribution in [-0.2, 0) is 57.1 Å². The molecule has 6 heterocycles. The first-order valence-electron chi connectivity index (χ1n) is 31.7. The number of carbonyl (C=O) groups is 6. The number of piperidine rings is 2. The Bertz CT molecular complexity index is 3900. The third kappa shape index (κ3) is 17.4. The number of amides is 5. The molecule has 3 aromatic carbocycles. The summed E-state index contributed by atoms with van der Waals surface area (Å²) in [6.07, 6.45) is 15.6. The molecule has 5 N–H and O–H groups in total. The number of fused-ring (bicyclic) bond motifs is 2. The molecule has 92 heavy (non-hydrogen) atoms. The quantitative estimate of drug-likeness (QED) is 0.0242. The number of methoxy groups -OCH3 is 1. The number of nitrogens with zero attached hydrogens (tertiary/aromatic N) is 10. The van der Waals surface area contributed by atoms with Crippen LogP contribution in [0.25, 0.3) is 54.8 Å². The van der Waals surface area contributed by atoms with Crippen molar-refractivity contribution in [3.8, 4) is 33.0 Å². The van der Waals surface area contributed by atoms with Crippen LogP contribution in [0.5, 0.6) is 0 Å². The SMILES string of the molecule is CCCS(=O)(=O)Nc1cccc(-c2nc(C3CCN(C(=O)CCCCCCCCCCCNC(=O)CCC(=O)N4CCC(c5nn(CC(=O)N(C)CC(=O)NCC(=O)OC)c6cccc(-c7cc8c(cnn8C)cc7F)c56)CC4)CC3)sc2-c2ccnc(N)n2)c1F. The number of nitrogens with two attached hydrogens (primary N) is 1. The van der Waals surface area contributed by atoms with Gasteiger partial charge in [0.2, 0.25) is 45.5 Å². The smallest absolute Gasteiger partial charge is 0.325 e. The molecule has 27 heteroatoms. The highest BCUT2D eigenvalue weighted by atomic mass is 32.2. The maximum Gasteiger partial charge on any atom is 0.325 e. The summed E-state index contributed by atoms with van der Waals surface area (Å²) in [5, 5.41) is 16.8. The summed E-state index contributed by atoms with van der Waals surface area (Å²) in [4.78, 5) is 96.2. The van der Waals surface area contributed by atoms with Gasteiger partial charge in [0.15, 0.2) is 5.82 Å². The number of unbranched alkanes of at least 4 members (excludes halogenated alkanes) is 8. The van der Waals surface area contributed by atoms with Crippen LogP contribution in [0.3, 0.4) is 0 Å². The minimum absolute atomic E-state index is 0.0284. The van der Waals surface area contributed by atoms with E-state index in [0.29, 0.717) is 121 Å². The van der Waals surface area contributed by atoms with Crippen molar-refractivity contribution in [2.75, 3.05) is 76.2 Å². The largest absolute Gasteiger partial charge is 0.468 e. The Morgan fingerprint density at radius 2 is 1.43 bits per heavy atom. The fraction of sp³-hybridized carbons (Fsp3) is 0.492. The fourth-order valence-corrected chi connectivity index (χ4v) is 14.4. The third-order valence-electron chi connectivity index (χ3n) is 17.1. The Kier molecular flexibility index (Phi) is 23.4. The molecule has 0 spiro atoms. The molecule has 492 valence electrons. The molecule has 2 aliphatic rings. The van der Waals surface area contributed by atoms with Crippen LogP contribution in [0.1, 0.15) is 139 Å². The van der Waals surface area contributed by atoms with Gasteiger partial charge in [-0.05, 0) is 86.9 Å². The minimum atomic E-state index is -3.75. The number of ether oxygens (including phenoxy) is 1. The van der Waals surface area contributed by atoms with E-state index >= 15 is 8.78 Å². The number of sulfonamides is 1. The molecule has 7 aromatic rings. The number of likely N-dealkylation sites (N-methyl/N-ethyl adjacent to an activating group) is 1. The van der Waals surface area contributed by atoms with Gasteiger partial charge in [-0.2, -0.15) is 10.2 Å². The number of nitrogen functional groups attached to an aromatic ring is 1. The number of esters is 1. The van der Waals surface area contributed by atoms with Gasteiger partial charge in [0.05, 0.1) is 69.3 Å². The summed E-state index contributed by atoms with van der Waals surface area (Å²) >= 11 is 1.39. The zero-order valence-electron chi connectivity index (χ0n) is 52.7. The van der Waals surface area contributed by atoms with Crippen molar-refractivity contribution < 1.29 is 50.7 Å². The summed E-state index contributed by atoms with van der Waals surface area (Å²) in [6.45, 7) is 3.42. The first-order valence-corrected chi connectivity index (χ1v) is 34.2. The number of carbonyl (C=O) groups excluding carboxylic acids is 6. The van der Waals surface area contributed by atoms with Crippen LogP contribution in [0, 0.1) is 11.6 Å². The summed E-state index contributed by atoms with van der Waals surface area (Å²) in [6, 6.07) is 14.9. The molecule has 0 radical (unpaired) electrons. The first kappa shape index (κ1) is 67.9. The monoisotopic (exact) mass is 1300 g/mol. The molecule has 9 rings (SSSR count). The Hall–Kier alpha value is -8.46. The number of rotatable bonds is 30. The number of hydrogen-bond donors (Lipinski definition) is 4. The molecule has 0 saturated carbocycles. The molecule has 0 unspecified atom stereocenters. The van der Waals surface area contributed by atoms with Crippen molar-refractivity contribution in [1.29, 1.82) is 0 Å². The molecule has 4 aromatic heterocycles. The lowest BCUT2D eigenvalue weighted by Gasteiger charge is -2.31. The highest BCUT2D eigenvalue weighted by Gasteiger charge is 2.32. The molecule has 5 amide bonds. The standard InChI is InChI=1S/C65H82F2N14O9S2/c1-5-35-92(88,89)76-49-19-15-18-46(60(49)67)62-63(50-24-30-70-65(68)73-50)91-64(74-62)43-27-33-79(34-28-43)55(84)21-13-11-9-7-6-8-10-12-14-29-69-53(82)22-23-56(85)80-31-25-42(26-32-80)61-59-45(47-37-52-44(36-48(47)66)38-72-78(52)3)17-16-20-51(59)81(75-61)41-57(86)77(2)40-54(83)71-39-58(87)90-4/h15-20,24,30,36-38,42-43,76H,5-14,21-23,25-29,31-35,39-41H2,1-4H3,(H,69,82)(H,71,83)(H2,68,70,73). The average molecular weight is 1310 g/mol. The van der Waals surface area contributed by atoms with Gasteiger partial charge in [0, 0.05) is 106 Å². The van der Waals surface area contributed by atoms with Gasteiger partial charge in [0.1, 0.15) is 18.9 Å². The van der Waals surface area contributed by atoms with Crippen LogP contribution in [-0.4, -0.2) is 159 Å². The summed E-state index contributed by atoms with van der Waals surface area (Å²) < 4.78 is 67.5. The van der Waals surface area contributed by atoms with E-state index in [0.717, 1.165) is 68.3 Å². The van der Waals surface area contributed by atoms with E-state index in [1.165, 1.54) is 48.7 Å². The number of likely N-dealkylation sites (tertiary alicyclic amines) is 2. The van der Waals surface area contributed by atoms with Crippen molar-refractivity contribution in [2.24, 2.45) is 7.05 Å². The van der Waals surface area contributed by atoms with Crippen LogP contribution in [0.2, 0.25) is 0 Å². The molecule has 2 saturated heterocycles. The first-order chi connectivity index (χ1) is 44.3. The van der Waals surface area contributed by atoms with E-state index in [4.69, 9.17) is 15.8 Å². The Morgan fingerprint density at radius 1 is 0.772 bits per heavy atom. The average Bonchev–Trinajstić information content (AvgIpc) is 1.59. The number of thiazole rings is 1. The molecule has 2 aliphatic heterocycles. The normalized spacial score (nSPS) is 14.0. The predicted octanol–water partition coefficient (Wildman–Crippen LogP) is 8.84. The molecule has 2 fully saturated rings. The van der Waals surface area contributed by atoms with Crippen molar-refractivity contribution in [3.05, 3.63) is 89.3 Å². The second-order valence-electron chi connectivity index (χ2n) is 23.7. The van der Waals surface area contributed by atoms with Crippen molar-refractivity contribution in [1.82, 2.24) is 59.8 Å². The second kappa shape index (κ2) is 31.7. The lowest BCUT2D eigenvalue weighted by Crippen LogP contribution is -2.41. The van der Waals surface area contributed by atoms with E-state index in [1.54, 1.807) is 64.8 Å². The molecule has 0 atom stereocenters. The van der Waals surface area contributed by atoms with E-state index in [-0.39, 0.29) is 85.0 Å². The topological polar surface area (TPSA) is 292 Å². The van der Waals surface area contributed by atoms with Gasteiger partial charge < -0.3 is 35.8 Å².